The van der Waals surface area contributed by atoms with E-state index in [4.69, 9.17) is 11.8 Å². The van der Waals surface area contributed by atoms with Crippen LogP contribution in [0.3, 0.4) is 0 Å². The van der Waals surface area contributed by atoms with Gasteiger partial charge in [0, 0.05) is 17.5 Å². The molecule has 0 aromatic heterocycles. The van der Waals surface area contributed by atoms with Crippen LogP contribution in [0.4, 0.5) is 18.9 Å². The van der Waals surface area contributed by atoms with Gasteiger partial charge in [-0.15, -0.1) is 0 Å². The summed E-state index contributed by atoms with van der Waals surface area (Å²) < 4.78 is 35.9. The smallest absolute Gasteiger partial charge is 0.299 e. The second-order valence-corrected chi connectivity index (χ2v) is 2.36. The van der Waals surface area contributed by atoms with E-state index in [0.717, 1.165) is 12.1 Å². The molecule has 0 saturated carbocycles. The number of nitrogens with one attached hydrogen (secondary N) is 1. The van der Waals surface area contributed by atoms with Crippen molar-refractivity contribution in [1.82, 2.24) is 0 Å². The molecular weight excluding hydrogens is 191 g/mol. The van der Waals surface area contributed by atoms with Crippen LogP contribution in [0.2, 0.25) is 0 Å². The second-order valence-electron chi connectivity index (χ2n) is 2.17. The van der Waals surface area contributed by atoms with Gasteiger partial charge in [0.05, 0.1) is 5.56 Å². The Morgan fingerprint density at radius 2 is 1.58 bits per heavy atom. The minimum absolute atomic E-state index is 0.435. The van der Waals surface area contributed by atoms with Crippen molar-refractivity contribution in [2.45, 2.75) is 6.18 Å². The van der Waals surface area contributed by atoms with Gasteiger partial charge in [0.1, 0.15) is 0 Å². The van der Waals surface area contributed by atoms with Crippen LogP contribution in [0.1, 0.15) is 5.56 Å². The highest BCUT2D eigenvalue weighted by molar-refractivity contribution is 6.23. The van der Waals surface area contributed by atoms with Crippen molar-refractivity contribution in [3.8, 4) is 0 Å². The fourth-order valence-electron chi connectivity index (χ4n) is 0.722. The van der Waals surface area contributed by atoms with Gasteiger partial charge < -0.3 is 0 Å². The van der Waals surface area contributed by atoms with E-state index < -0.39 is 11.7 Å². The summed E-state index contributed by atoms with van der Waals surface area (Å²) in [5.74, 6) is 0. The van der Waals surface area contributed by atoms with E-state index >= 15 is 0 Å². The summed E-state index contributed by atoms with van der Waals surface area (Å²) in [6, 6.07) is 4.45. The maximum atomic E-state index is 12.0. The number of anilines is 1. The highest BCUT2D eigenvalue weighted by Gasteiger charge is 2.29. The van der Waals surface area contributed by atoms with Gasteiger partial charge in [-0.2, -0.15) is 13.2 Å². The molecule has 0 atom stereocenters. The number of hydrogen-bond donors (Lipinski definition) is 1. The van der Waals surface area contributed by atoms with E-state index in [9.17, 15) is 13.2 Å². The van der Waals surface area contributed by atoms with Crippen molar-refractivity contribution in [2.24, 2.45) is 0 Å². The van der Waals surface area contributed by atoms with Crippen LogP contribution in [0.5, 0.6) is 0 Å². The van der Waals surface area contributed by atoms with E-state index in [-0.39, 0.29) is 0 Å². The minimum atomic E-state index is -4.29. The topological polar surface area (TPSA) is 12.0 Å². The molecule has 1 aromatic rings. The maximum Gasteiger partial charge on any atom is 0.416 e. The standard InChI is InChI=1S/C7H5ClF3N/c8-12-6-3-1-5(2-4-6)7(9,10)11/h1-4,12H. The van der Waals surface area contributed by atoms with Crippen LogP contribution in [0.15, 0.2) is 24.3 Å². The summed E-state index contributed by atoms with van der Waals surface area (Å²) in [5.41, 5.74) is -0.247. The molecule has 0 bridgehead atoms. The van der Waals surface area contributed by atoms with Gasteiger partial charge in [0.25, 0.3) is 0 Å². The fraction of sp³-hybridized carbons (Fsp3) is 0.143. The Bertz CT molecular complexity index is 254. The van der Waals surface area contributed by atoms with E-state index in [1.54, 1.807) is 0 Å². The number of hydrogen-bond acceptors (Lipinski definition) is 1. The average Bonchev–Trinajstić information content (AvgIpc) is 2.03. The minimum Gasteiger partial charge on any atom is -0.299 e. The van der Waals surface area contributed by atoms with Crippen LogP contribution in [-0.4, -0.2) is 0 Å². The molecule has 66 valence electrons. The maximum absolute atomic E-state index is 12.0. The summed E-state index contributed by atoms with van der Waals surface area (Å²) in [7, 11) is 0. The van der Waals surface area contributed by atoms with E-state index in [2.05, 4.69) is 4.84 Å². The van der Waals surface area contributed by atoms with E-state index in [1.807, 2.05) is 0 Å². The molecule has 0 heterocycles. The molecule has 1 rings (SSSR count). The van der Waals surface area contributed by atoms with Gasteiger partial charge in [-0.3, -0.25) is 4.84 Å². The number of rotatable bonds is 1. The molecule has 0 aliphatic carbocycles. The molecule has 0 aliphatic heterocycles. The molecule has 1 nitrogen and oxygen atoms in total. The summed E-state index contributed by atoms with van der Waals surface area (Å²) >= 11 is 5.16. The predicted octanol–water partition coefficient (Wildman–Crippen LogP) is 3.27. The highest BCUT2D eigenvalue weighted by atomic mass is 35.5. The van der Waals surface area contributed by atoms with Crippen LogP contribution < -0.4 is 4.84 Å². The summed E-state index contributed by atoms with van der Waals surface area (Å²) in [6.45, 7) is 0. The van der Waals surface area contributed by atoms with Gasteiger partial charge in [-0.25, -0.2) is 0 Å². The van der Waals surface area contributed by atoms with Gasteiger partial charge in [-0.05, 0) is 24.3 Å². The van der Waals surface area contributed by atoms with Crippen LogP contribution in [0.25, 0.3) is 0 Å². The molecule has 5 heteroatoms. The molecule has 0 saturated heterocycles. The average molecular weight is 196 g/mol. The first kappa shape index (κ1) is 9.19. The third-order valence-corrected chi connectivity index (χ3v) is 1.54. The fourth-order valence-corrected chi connectivity index (χ4v) is 0.848. The Labute approximate surface area is 72.3 Å². The lowest BCUT2D eigenvalue weighted by Gasteiger charge is -2.06. The Balaban J connectivity index is 2.93. The van der Waals surface area contributed by atoms with E-state index in [1.165, 1.54) is 12.1 Å². The Hall–Kier alpha value is -0.900. The summed E-state index contributed by atoms with van der Waals surface area (Å²) in [6.07, 6.45) is -4.29. The Morgan fingerprint density at radius 3 is 1.92 bits per heavy atom. The van der Waals surface area contributed by atoms with Crippen molar-refractivity contribution in [1.29, 1.82) is 0 Å². The molecule has 0 fully saturated rings. The third-order valence-electron chi connectivity index (χ3n) is 1.32. The van der Waals surface area contributed by atoms with Crippen LogP contribution in [0, 0.1) is 0 Å². The summed E-state index contributed by atoms with van der Waals surface area (Å²) in [4.78, 5) is 2.21. The van der Waals surface area contributed by atoms with Gasteiger partial charge in [0.15, 0.2) is 0 Å². The lowest BCUT2D eigenvalue weighted by atomic mass is 10.2. The lowest BCUT2D eigenvalue weighted by Crippen LogP contribution is -2.03. The molecule has 1 aromatic carbocycles. The number of alkyl halides is 3. The van der Waals surface area contributed by atoms with Gasteiger partial charge >= 0.3 is 6.18 Å². The lowest BCUT2D eigenvalue weighted by molar-refractivity contribution is -0.137. The van der Waals surface area contributed by atoms with Crippen LogP contribution in [-0.2, 0) is 6.18 Å². The first-order valence-corrected chi connectivity index (χ1v) is 3.46. The quantitative estimate of drug-likeness (QED) is 0.679. The van der Waals surface area contributed by atoms with Crippen molar-refractivity contribution in [3.05, 3.63) is 29.8 Å². The third kappa shape index (κ3) is 2.04. The molecule has 0 unspecified atom stereocenters. The normalized spacial score (nSPS) is 11.3. The van der Waals surface area contributed by atoms with Crippen LogP contribution >= 0.6 is 11.8 Å². The predicted molar refractivity (Wildman–Crippen MR) is 40.9 cm³/mol. The monoisotopic (exact) mass is 195 g/mol. The number of benzene rings is 1. The zero-order valence-corrected chi connectivity index (χ0v) is 6.58. The van der Waals surface area contributed by atoms with Crippen molar-refractivity contribution in [3.63, 3.8) is 0 Å². The Kier molecular flexibility index (Phi) is 2.47. The SMILES string of the molecule is FC(F)(F)c1ccc(NCl)cc1. The molecule has 0 aliphatic rings. The molecule has 12 heavy (non-hydrogen) atoms. The molecule has 0 amide bonds. The first-order chi connectivity index (χ1) is 5.54. The van der Waals surface area contributed by atoms with Crippen molar-refractivity contribution in [2.75, 3.05) is 4.84 Å². The van der Waals surface area contributed by atoms with E-state index in [0.29, 0.717) is 5.69 Å². The molecular formula is C7H5ClF3N. The molecule has 1 N–H and O–H groups in total. The van der Waals surface area contributed by atoms with Crippen molar-refractivity contribution < 1.29 is 13.2 Å². The van der Waals surface area contributed by atoms with Gasteiger partial charge in [-0.1, -0.05) is 0 Å². The van der Waals surface area contributed by atoms with Crippen molar-refractivity contribution >= 4 is 17.5 Å². The highest BCUT2D eigenvalue weighted by Crippen LogP contribution is 2.29. The summed E-state index contributed by atoms with van der Waals surface area (Å²) in [5, 5.41) is 0. The number of halogens is 4. The Morgan fingerprint density at radius 1 is 1.08 bits per heavy atom. The zero-order valence-electron chi connectivity index (χ0n) is 5.82. The first-order valence-electron chi connectivity index (χ1n) is 3.08. The molecule has 0 radical (unpaired) electrons. The second kappa shape index (κ2) is 3.23. The largest absolute Gasteiger partial charge is 0.416 e. The van der Waals surface area contributed by atoms with Gasteiger partial charge in [0.2, 0.25) is 0 Å². The zero-order chi connectivity index (χ0) is 9.19. The molecule has 0 spiro atoms.